The number of hydrazone groups is 1. The minimum Gasteiger partial charge on any atom is -0.284 e. The molecule has 1 aliphatic rings. The van der Waals surface area contributed by atoms with Crippen LogP contribution in [0.1, 0.15) is 31.4 Å². The molecule has 2 rings (SSSR count). The third-order valence-electron chi connectivity index (χ3n) is 3.52. The molecule has 1 aliphatic heterocycles. The van der Waals surface area contributed by atoms with Crippen LogP contribution < -0.4 is 0 Å². The molecule has 20 heavy (non-hydrogen) atoms. The van der Waals surface area contributed by atoms with Crippen LogP contribution in [0.5, 0.6) is 0 Å². The zero-order chi connectivity index (χ0) is 14.5. The number of rotatable bonds is 4. The second-order valence-electron chi connectivity index (χ2n) is 4.92. The lowest BCUT2D eigenvalue weighted by molar-refractivity contribution is 0.257. The summed E-state index contributed by atoms with van der Waals surface area (Å²) in [7, 11) is 0. The second-order valence-corrected chi connectivity index (χ2v) is 4.92. The molecule has 2 unspecified atom stereocenters. The van der Waals surface area contributed by atoms with E-state index in [-0.39, 0.29) is 12.6 Å². The van der Waals surface area contributed by atoms with Crippen molar-refractivity contribution in [1.82, 2.24) is 5.01 Å². The van der Waals surface area contributed by atoms with Gasteiger partial charge in [0.2, 0.25) is 0 Å². The molecule has 1 saturated heterocycles. The van der Waals surface area contributed by atoms with Crippen molar-refractivity contribution < 1.29 is 4.39 Å². The quantitative estimate of drug-likeness (QED) is 0.606. The van der Waals surface area contributed by atoms with Crippen molar-refractivity contribution in [2.45, 2.75) is 32.0 Å². The third-order valence-corrected chi connectivity index (χ3v) is 3.52. The fourth-order valence-electron chi connectivity index (χ4n) is 2.36. The van der Waals surface area contributed by atoms with E-state index in [1.807, 2.05) is 37.3 Å². The average Bonchev–Trinajstić information content (AvgIpc) is 2.85. The monoisotopic (exact) mass is 273 g/mol. The van der Waals surface area contributed by atoms with Crippen LogP contribution in [0.4, 0.5) is 4.39 Å². The maximum absolute atomic E-state index is 13.8. The van der Waals surface area contributed by atoms with Gasteiger partial charge in [-0.15, -0.1) is 0 Å². The SMILES string of the molecule is C=N/C(=N\N1CC(F)CC1c1ccccc1)C(=C)CC. The third kappa shape index (κ3) is 3.13. The highest BCUT2D eigenvalue weighted by Crippen LogP contribution is 2.34. The zero-order valence-corrected chi connectivity index (χ0v) is 11.8. The summed E-state index contributed by atoms with van der Waals surface area (Å²) in [6.07, 6.45) is 0.335. The van der Waals surface area contributed by atoms with Crippen molar-refractivity contribution in [2.24, 2.45) is 10.1 Å². The lowest BCUT2D eigenvalue weighted by Crippen LogP contribution is -2.20. The van der Waals surface area contributed by atoms with Crippen LogP contribution in [0.15, 0.2) is 52.6 Å². The number of alkyl halides is 1. The minimum atomic E-state index is -0.870. The van der Waals surface area contributed by atoms with Crippen LogP contribution in [0, 0.1) is 0 Å². The van der Waals surface area contributed by atoms with Gasteiger partial charge in [0.25, 0.3) is 0 Å². The number of nitrogens with zero attached hydrogens (tertiary/aromatic N) is 3. The summed E-state index contributed by atoms with van der Waals surface area (Å²) >= 11 is 0. The van der Waals surface area contributed by atoms with E-state index in [0.29, 0.717) is 12.3 Å². The Morgan fingerprint density at radius 3 is 2.70 bits per heavy atom. The molecular weight excluding hydrogens is 253 g/mol. The molecule has 0 N–H and O–H groups in total. The summed E-state index contributed by atoms with van der Waals surface area (Å²) in [5, 5.41) is 6.22. The van der Waals surface area contributed by atoms with Gasteiger partial charge in [0.1, 0.15) is 6.17 Å². The number of benzene rings is 1. The zero-order valence-electron chi connectivity index (χ0n) is 11.8. The predicted molar refractivity (Wildman–Crippen MR) is 81.8 cm³/mol. The van der Waals surface area contributed by atoms with Crippen molar-refractivity contribution in [2.75, 3.05) is 6.54 Å². The van der Waals surface area contributed by atoms with Crippen molar-refractivity contribution >= 4 is 12.6 Å². The second kappa shape index (κ2) is 6.46. The maximum atomic E-state index is 13.8. The fourth-order valence-corrected chi connectivity index (χ4v) is 2.36. The van der Waals surface area contributed by atoms with Crippen molar-refractivity contribution in [3.63, 3.8) is 0 Å². The van der Waals surface area contributed by atoms with E-state index in [9.17, 15) is 4.39 Å². The van der Waals surface area contributed by atoms with Gasteiger partial charge in [0.15, 0.2) is 5.84 Å². The largest absolute Gasteiger partial charge is 0.284 e. The average molecular weight is 273 g/mol. The van der Waals surface area contributed by atoms with Gasteiger partial charge in [-0.05, 0) is 24.3 Å². The predicted octanol–water partition coefficient (Wildman–Crippen LogP) is 3.75. The van der Waals surface area contributed by atoms with Gasteiger partial charge in [-0.3, -0.25) is 5.01 Å². The summed E-state index contributed by atoms with van der Waals surface area (Å²) in [5.74, 6) is 0.502. The van der Waals surface area contributed by atoms with Crippen LogP contribution in [0.3, 0.4) is 0 Å². The number of amidine groups is 1. The van der Waals surface area contributed by atoms with E-state index in [2.05, 4.69) is 23.4 Å². The summed E-state index contributed by atoms with van der Waals surface area (Å²) in [6, 6.07) is 9.82. The summed E-state index contributed by atoms with van der Waals surface area (Å²) < 4.78 is 13.8. The van der Waals surface area contributed by atoms with E-state index in [1.165, 1.54) is 0 Å². The maximum Gasteiger partial charge on any atom is 0.173 e. The Bertz CT molecular complexity index is 510. The van der Waals surface area contributed by atoms with E-state index in [0.717, 1.165) is 17.6 Å². The molecule has 0 spiro atoms. The highest BCUT2D eigenvalue weighted by Gasteiger charge is 2.32. The number of hydrogen-bond acceptors (Lipinski definition) is 2. The van der Waals surface area contributed by atoms with Crippen LogP contribution in [-0.4, -0.2) is 30.3 Å². The number of halogens is 1. The molecule has 1 heterocycles. The lowest BCUT2D eigenvalue weighted by Gasteiger charge is -2.22. The summed E-state index contributed by atoms with van der Waals surface area (Å²) in [4.78, 5) is 3.91. The molecule has 0 aromatic heterocycles. The van der Waals surface area contributed by atoms with E-state index in [4.69, 9.17) is 0 Å². The van der Waals surface area contributed by atoms with Gasteiger partial charge in [0.05, 0.1) is 12.6 Å². The van der Waals surface area contributed by atoms with Gasteiger partial charge in [-0.1, -0.05) is 43.8 Å². The molecule has 0 saturated carbocycles. The summed E-state index contributed by atoms with van der Waals surface area (Å²) in [5.41, 5.74) is 1.89. The smallest absolute Gasteiger partial charge is 0.173 e. The molecule has 1 aromatic carbocycles. The molecule has 0 radical (unpaired) electrons. The number of hydrogen-bond donors (Lipinski definition) is 0. The topological polar surface area (TPSA) is 28.0 Å². The molecule has 0 aliphatic carbocycles. The molecular formula is C16H20FN3. The molecule has 106 valence electrons. The molecule has 0 bridgehead atoms. The standard InChI is InChI=1S/C16H20FN3/c1-4-12(2)16(18-3)19-20-11-14(17)10-15(20)13-8-6-5-7-9-13/h5-9,14-15H,2-4,10-11H2,1H3/b19-16-. The molecule has 1 fully saturated rings. The molecule has 2 atom stereocenters. The van der Waals surface area contributed by atoms with Crippen molar-refractivity contribution in [3.8, 4) is 0 Å². The Hall–Kier alpha value is -1.97. The van der Waals surface area contributed by atoms with Gasteiger partial charge in [0, 0.05) is 6.42 Å². The first-order chi connectivity index (χ1) is 9.65. The van der Waals surface area contributed by atoms with E-state index in [1.54, 1.807) is 5.01 Å². The Morgan fingerprint density at radius 2 is 2.10 bits per heavy atom. The van der Waals surface area contributed by atoms with E-state index >= 15 is 0 Å². The fraction of sp³-hybridized carbons (Fsp3) is 0.375. The van der Waals surface area contributed by atoms with E-state index < -0.39 is 6.17 Å². The van der Waals surface area contributed by atoms with Gasteiger partial charge >= 0.3 is 0 Å². The van der Waals surface area contributed by atoms with Crippen molar-refractivity contribution in [1.29, 1.82) is 0 Å². The highest BCUT2D eigenvalue weighted by atomic mass is 19.1. The van der Waals surface area contributed by atoms with Crippen LogP contribution >= 0.6 is 0 Å². The van der Waals surface area contributed by atoms with Gasteiger partial charge in [-0.25, -0.2) is 9.38 Å². The minimum absolute atomic E-state index is 0.0485. The lowest BCUT2D eigenvalue weighted by atomic mass is 10.1. The van der Waals surface area contributed by atoms with Gasteiger partial charge < -0.3 is 0 Å². The molecule has 1 aromatic rings. The van der Waals surface area contributed by atoms with Crippen molar-refractivity contribution in [3.05, 3.63) is 48.0 Å². The normalized spacial score (nSPS) is 22.9. The van der Waals surface area contributed by atoms with Crippen LogP contribution in [-0.2, 0) is 0 Å². The number of aliphatic imine (C=N–C) groups is 1. The molecule has 3 nitrogen and oxygen atoms in total. The van der Waals surface area contributed by atoms with Crippen LogP contribution in [0.25, 0.3) is 0 Å². The first kappa shape index (κ1) is 14.4. The van der Waals surface area contributed by atoms with Gasteiger partial charge in [-0.2, -0.15) is 5.10 Å². The Kier molecular flexibility index (Phi) is 4.66. The summed E-state index contributed by atoms with van der Waals surface area (Å²) in [6.45, 7) is 9.72. The Morgan fingerprint density at radius 1 is 1.40 bits per heavy atom. The molecule has 0 amide bonds. The Balaban J connectivity index is 2.27. The van der Waals surface area contributed by atoms with Crippen LogP contribution in [0.2, 0.25) is 0 Å². The molecule has 4 heteroatoms. The first-order valence-electron chi connectivity index (χ1n) is 6.84. The first-order valence-corrected chi connectivity index (χ1v) is 6.84. The highest BCUT2D eigenvalue weighted by molar-refractivity contribution is 6.00. The Labute approximate surface area is 119 Å².